The van der Waals surface area contributed by atoms with Gasteiger partial charge < -0.3 is 0 Å². The molecule has 2 rings (SSSR count). The van der Waals surface area contributed by atoms with Crippen molar-refractivity contribution in [1.29, 1.82) is 0 Å². The van der Waals surface area contributed by atoms with Crippen molar-refractivity contribution in [2.45, 2.75) is 41.1 Å². The zero-order valence-corrected chi connectivity index (χ0v) is 16.1. The molecule has 106 valence electrons. The first-order valence-electron chi connectivity index (χ1n) is 7.17. The van der Waals surface area contributed by atoms with Gasteiger partial charge in [-0.1, -0.05) is 76.4 Å². The Kier molecular flexibility index (Phi) is 5.96. The summed E-state index contributed by atoms with van der Waals surface area (Å²) in [5.74, 6) is 0.881. The summed E-state index contributed by atoms with van der Waals surface area (Å²) in [5, 5.41) is 0. The standard InChI is InChI=1S/C16H23I2N/c1-3-16(17,18)15-8-10-19(11-9-15)12-14-7-5-4-6-13(14)2/h4-7,15H,3,8-12H2,1-2H3. The van der Waals surface area contributed by atoms with Gasteiger partial charge in [0.2, 0.25) is 0 Å². The van der Waals surface area contributed by atoms with Gasteiger partial charge in [-0.2, -0.15) is 0 Å². The highest BCUT2D eigenvalue weighted by atomic mass is 127. The predicted molar refractivity (Wildman–Crippen MR) is 100 cm³/mol. The van der Waals surface area contributed by atoms with Crippen LogP contribution in [0.25, 0.3) is 0 Å². The molecule has 0 radical (unpaired) electrons. The molecular weight excluding hydrogens is 460 g/mol. The maximum atomic E-state index is 2.66. The van der Waals surface area contributed by atoms with Crippen LogP contribution >= 0.6 is 45.2 Å². The first-order valence-corrected chi connectivity index (χ1v) is 9.33. The highest BCUT2D eigenvalue weighted by Gasteiger charge is 2.34. The molecule has 0 amide bonds. The molecule has 0 aromatic heterocycles. The molecule has 1 fully saturated rings. The van der Waals surface area contributed by atoms with Crippen LogP contribution in [0.1, 0.15) is 37.3 Å². The fourth-order valence-corrected chi connectivity index (χ4v) is 4.08. The summed E-state index contributed by atoms with van der Waals surface area (Å²) >= 11 is 5.33. The van der Waals surface area contributed by atoms with Crippen LogP contribution in [0.4, 0.5) is 0 Å². The van der Waals surface area contributed by atoms with Crippen molar-refractivity contribution < 1.29 is 0 Å². The van der Waals surface area contributed by atoms with Crippen LogP contribution in [0.5, 0.6) is 0 Å². The molecular formula is C16H23I2N. The molecule has 0 N–H and O–H groups in total. The van der Waals surface area contributed by atoms with Crippen molar-refractivity contribution in [2.24, 2.45) is 5.92 Å². The van der Waals surface area contributed by atoms with Gasteiger partial charge in [-0.05, 0) is 56.3 Å². The maximum absolute atomic E-state index is 2.66. The lowest BCUT2D eigenvalue weighted by atomic mass is 9.92. The molecule has 1 aromatic carbocycles. The topological polar surface area (TPSA) is 3.24 Å². The Labute approximate surface area is 144 Å². The average molecular weight is 483 g/mol. The number of likely N-dealkylation sites (tertiary alicyclic amines) is 1. The Balaban J connectivity index is 1.89. The summed E-state index contributed by atoms with van der Waals surface area (Å²) in [6, 6.07) is 8.79. The summed E-state index contributed by atoms with van der Waals surface area (Å²) in [4.78, 5) is 2.62. The molecule has 1 saturated heterocycles. The number of aryl methyl sites for hydroxylation is 1. The maximum Gasteiger partial charge on any atom is 0.0761 e. The van der Waals surface area contributed by atoms with Gasteiger partial charge in [-0.25, -0.2) is 0 Å². The molecule has 0 saturated carbocycles. The van der Waals surface area contributed by atoms with Gasteiger partial charge in [0.05, 0.1) is 1.43 Å². The quantitative estimate of drug-likeness (QED) is 0.422. The van der Waals surface area contributed by atoms with Gasteiger partial charge in [0.15, 0.2) is 0 Å². The van der Waals surface area contributed by atoms with Gasteiger partial charge in [-0.15, -0.1) is 0 Å². The largest absolute Gasteiger partial charge is 0.299 e. The minimum absolute atomic E-state index is 0.463. The molecule has 0 spiro atoms. The molecule has 1 aliphatic rings. The van der Waals surface area contributed by atoms with E-state index in [2.05, 4.69) is 88.2 Å². The van der Waals surface area contributed by atoms with Crippen LogP contribution in [0.2, 0.25) is 0 Å². The molecule has 1 nitrogen and oxygen atoms in total. The van der Waals surface area contributed by atoms with E-state index in [0.717, 1.165) is 12.5 Å². The van der Waals surface area contributed by atoms with E-state index in [-0.39, 0.29) is 0 Å². The summed E-state index contributed by atoms with van der Waals surface area (Å²) in [6.45, 7) is 8.18. The summed E-state index contributed by atoms with van der Waals surface area (Å²) in [7, 11) is 0. The fourth-order valence-electron chi connectivity index (χ4n) is 2.83. The first-order chi connectivity index (χ1) is 9.03. The van der Waals surface area contributed by atoms with Crippen molar-refractivity contribution in [3.05, 3.63) is 35.4 Å². The highest BCUT2D eigenvalue weighted by Crippen LogP contribution is 2.44. The molecule has 0 aliphatic carbocycles. The van der Waals surface area contributed by atoms with Crippen LogP contribution in [0.15, 0.2) is 24.3 Å². The molecule has 1 aromatic rings. The first kappa shape index (κ1) is 16.0. The van der Waals surface area contributed by atoms with Crippen molar-refractivity contribution in [3.8, 4) is 0 Å². The van der Waals surface area contributed by atoms with Gasteiger partial charge in [0.25, 0.3) is 0 Å². The van der Waals surface area contributed by atoms with Crippen LogP contribution in [-0.2, 0) is 6.54 Å². The van der Waals surface area contributed by atoms with Crippen LogP contribution in [0, 0.1) is 12.8 Å². The molecule has 0 bridgehead atoms. The Bertz CT molecular complexity index is 409. The normalized spacial score (nSPS) is 18.7. The molecule has 0 atom stereocenters. The van der Waals surface area contributed by atoms with E-state index >= 15 is 0 Å². The second-order valence-electron chi connectivity index (χ2n) is 5.59. The fraction of sp³-hybridized carbons (Fsp3) is 0.625. The van der Waals surface area contributed by atoms with Crippen molar-refractivity contribution >= 4 is 45.2 Å². The summed E-state index contributed by atoms with van der Waals surface area (Å²) in [5.41, 5.74) is 2.92. The molecule has 1 heterocycles. The summed E-state index contributed by atoms with van der Waals surface area (Å²) in [6.07, 6.45) is 3.98. The Morgan fingerprint density at radius 1 is 1.21 bits per heavy atom. The lowest BCUT2D eigenvalue weighted by molar-refractivity contribution is 0.174. The zero-order chi connectivity index (χ0) is 13.9. The number of halogens is 2. The smallest absolute Gasteiger partial charge is 0.0761 e. The van der Waals surface area contributed by atoms with Crippen LogP contribution < -0.4 is 0 Å². The lowest BCUT2D eigenvalue weighted by Gasteiger charge is -2.38. The number of hydrogen-bond acceptors (Lipinski definition) is 1. The van der Waals surface area contributed by atoms with Crippen LogP contribution in [-0.4, -0.2) is 19.4 Å². The van der Waals surface area contributed by atoms with Gasteiger partial charge in [0.1, 0.15) is 0 Å². The molecule has 1 aliphatic heterocycles. The molecule has 0 unspecified atom stereocenters. The van der Waals surface area contributed by atoms with E-state index in [1.54, 1.807) is 0 Å². The number of piperidine rings is 1. The highest BCUT2D eigenvalue weighted by molar-refractivity contribution is 14.2. The molecule has 19 heavy (non-hydrogen) atoms. The van der Waals surface area contributed by atoms with E-state index in [0.29, 0.717) is 1.43 Å². The van der Waals surface area contributed by atoms with E-state index < -0.39 is 0 Å². The second-order valence-corrected chi connectivity index (χ2v) is 11.5. The SMILES string of the molecule is CCC(I)(I)C1CCN(Cc2ccccc2C)CC1. The van der Waals surface area contributed by atoms with E-state index in [9.17, 15) is 0 Å². The number of benzene rings is 1. The van der Waals surface area contributed by atoms with Gasteiger partial charge in [-0.3, -0.25) is 4.90 Å². The zero-order valence-electron chi connectivity index (χ0n) is 11.8. The predicted octanol–water partition coefficient (Wildman–Crippen LogP) is 5.18. The minimum atomic E-state index is 0.463. The third-order valence-electron chi connectivity index (χ3n) is 4.31. The second kappa shape index (κ2) is 7.07. The van der Waals surface area contributed by atoms with E-state index in [1.165, 1.54) is 43.5 Å². The molecule has 3 heteroatoms. The number of nitrogens with zero attached hydrogens (tertiary/aromatic N) is 1. The summed E-state index contributed by atoms with van der Waals surface area (Å²) < 4.78 is 0.463. The monoisotopic (exact) mass is 483 g/mol. The van der Waals surface area contributed by atoms with Crippen molar-refractivity contribution in [2.75, 3.05) is 13.1 Å². The van der Waals surface area contributed by atoms with E-state index in [1.807, 2.05) is 0 Å². The van der Waals surface area contributed by atoms with Crippen LogP contribution in [0.3, 0.4) is 0 Å². The minimum Gasteiger partial charge on any atom is -0.299 e. The van der Waals surface area contributed by atoms with Gasteiger partial charge in [0, 0.05) is 6.54 Å². The van der Waals surface area contributed by atoms with Crippen molar-refractivity contribution in [1.82, 2.24) is 4.90 Å². The van der Waals surface area contributed by atoms with Crippen molar-refractivity contribution in [3.63, 3.8) is 0 Å². The number of alkyl halides is 2. The third kappa shape index (κ3) is 4.30. The average Bonchev–Trinajstić information content (AvgIpc) is 2.42. The Morgan fingerprint density at radius 3 is 2.42 bits per heavy atom. The lowest BCUT2D eigenvalue weighted by Crippen LogP contribution is -2.38. The third-order valence-corrected chi connectivity index (χ3v) is 7.60. The Morgan fingerprint density at radius 2 is 1.84 bits per heavy atom. The van der Waals surface area contributed by atoms with E-state index in [4.69, 9.17) is 0 Å². The number of rotatable bonds is 4. The Hall–Kier alpha value is 0.640. The van der Waals surface area contributed by atoms with Gasteiger partial charge >= 0.3 is 0 Å². The number of hydrogen-bond donors (Lipinski definition) is 0.